The van der Waals surface area contributed by atoms with Crippen LogP contribution in [-0.2, 0) is 11.8 Å². The van der Waals surface area contributed by atoms with E-state index in [0.717, 1.165) is 18.6 Å². The van der Waals surface area contributed by atoms with Crippen LogP contribution >= 0.6 is 15.9 Å². The minimum atomic E-state index is 0.190. The van der Waals surface area contributed by atoms with Gasteiger partial charge in [0.05, 0.1) is 7.11 Å². The molecule has 0 aliphatic carbocycles. The van der Waals surface area contributed by atoms with Gasteiger partial charge in [-0.05, 0) is 35.4 Å². The summed E-state index contributed by atoms with van der Waals surface area (Å²) < 4.78 is 5.44. The maximum atomic E-state index is 5.44. The lowest BCUT2D eigenvalue weighted by Gasteiger charge is -2.21. The molecule has 0 amide bonds. The van der Waals surface area contributed by atoms with Crippen LogP contribution in [0.1, 0.15) is 45.2 Å². The van der Waals surface area contributed by atoms with Gasteiger partial charge in [-0.1, -0.05) is 55.8 Å². The van der Waals surface area contributed by atoms with E-state index in [1.54, 1.807) is 7.11 Å². The van der Waals surface area contributed by atoms with Crippen LogP contribution in [0.4, 0.5) is 0 Å². The minimum absolute atomic E-state index is 0.190. The van der Waals surface area contributed by atoms with Gasteiger partial charge in [-0.3, -0.25) is 0 Å². The first kappa shape index (κ1) is 14.6. The Morgan fingerprint density at radius 1 is 1.29 bits per heavy atom. The molecule has 0 bridgehead atoms. The Morgan fingerprint density at radius 2 is 1.94 bits per heavy atom. The summed E-state index contributed by atoms with van der Waals surface area (Å²) >= 11 is 3.70. The highest BCUT2D eigenvalue weighted by atomic mass is 79.9. The summed E-state index contributed by atoms with van der Waals surface area (Å²) in [5, 5.41) is 0. The van der Waals surface area contributed by atoms with E-state index in [1.165, 1.54) is 11.1 Å². The molecule has 0 heterocycles. The number of hydrogen-bond donors (Lipinski definition) is 0. The van der Waals surface area contributed by atoms with E-state index in [-0.39, 0.29) is 5.41 Å². The Bertz CT molecular complexity index is 366. The smallest absolute Gasteiger partial charge is 0.122 e. The standard InChI is InChI=1S/C15H23BrO/c1-6-13(16)10-11-9-12(15(2,3)4)7-8-14(11)17-5/h7-9,13H,6,10H2,1-5H3. The van der Waals surface area contributed by atoms with Crippen LogP contribution in [0.5, 0.6) is 5.75 Å². The van der Waals surface area contributed by atoms with Crippen LogP contribution < -0.4 is 4.74 Å². The Kier molecular flexibility index (Phi) is 5.05. The average molecular weight is 299 g/mol. The number of ether oxygens (including phenoxy) is 1. The van der Waals surface area contributed by atoms with Crippen molar-refractivity contribution in [2.75, 3.05) is 7.11 Å². The lowest BCUT2D eigenvalue weighted by molar-refractivity contribution is 0.408. The molecule has 1 aromatic carbocycles. The molecule has 0 saturated carbocycles. The van der Waals surface area contributed by atoms with Gasteiger partial charge in [0.2, 0.25) is 0 Å². The molecule has 0 aliphatic heterocycles. The summed E-state index contributed by atoms with van der Waals surface area (Å²) in [6.45, 7) is 8.91. The molecule has 1 rings (SSSR count). The summed E-state index contributed by atoms with van der Waals surface area (Å²) in [6, 6.07) is 6.53. The van der Waals surface area contributed by atoms with Gasteiger partial charge in [-0.15, -0.1) is 0 Å². The molecule has 0 radical (unpaired) electrons. The Hall–Kier alpha value is -0.500. The van der Waals surface area contributed by atoms with Crippen molar-refractivity contribution in [1.82, 2.24) is 0 Å². The van der Waals surface area contributed by atoms with E-state index in [0.29, 0.717) is 4.83 Å². The van der Waals surface area contributed by atoms with Crippen molar-refractivity contribution < 1.29 is 4.74 Å². The van der Waals surface area contributed by atoms with Gasteiger partial charge < -0.3 is 4.74 Å². The van der Waals surface area contributed by atoms with E-state index >= 15 is 0 Å². The lowest BCUT2D eigenvalue weighted by Crippen LogP contribution is -2.12. The number of rotatable bonds is 4. The fourth-order valence-electron chi connectivity index (χ4n) is 1.79. The SMILES string of the molecule is CCC(Br)Cc1cc(C(C)(C)C)ccc1OC. The lowest BCUT2D eigenvalue weighted by atomic mass is 9.85. The van der Waals surface area contributed by atoms with Gasteiger partial charge in [0.1, 0.15) is 5.75 Å². The molecule has 1 aromatic rings. The number of hydrogen-bond acceptors (Lipinski definition) is 1. The van der Waals surface area contributed by atoms with E-state index < -0.39 is 0 Å². The molecule has 0 spiro atoms. The van der Waals surface area contributed by atoms with Crippen molar-refractivity contribution in [3.63, 3.8) is 0 Å². The first-order chi connectivity index (χ1) is 7.88. The Morgan fingerprint density at radius 3 is 2.41 bits per heavy atom. The van der Waals surface area contributed by atoms with Crippen molar-refractivity contribution in [2.45, 2.75) is 50.8 Å². The molecule has 0 aromatic heterocycles. The molecule has 0 fully saturated rings. The first-order valence-corrected chi connectivity index (χ1v) is 7.11. The highest BCUT2D eigenvalue weighted by molar-refractivity contribution is 9.09. The molecule has 0 aliphatic rings. The van der Waals surface area contributed by atoms with E-state index in [2.05, 4.69) is 61.8 Å². The molecular formula is C15H23BrO. The van der Waals surface area contributed by atoms with Crippen LogP contribution in [0, 0.1) is 0 Å². The molecule has 2 heteroatoms. The van der Waals surface area contributed by atoms with E-state index in [9.17, 15) is 0 Å². The third-order valence-corrected chi connectivity index (χ3v) is 4.00. The molecule has 0 saturated heterocycles. The van der Waals surface area contributed by atoms with E-state index in [4.69, 9.17) is 4.74 Å². The summed E-state index contributed by atoms with van der Waals surface area (Å²) in [5.41, 5.74) is 2.85. The second-order valence-electron chi connectivity index (χ2n) is 5.49. The van der Waals surface area contributed by atoms with Crippen LogP contribution in [-0.4, -0.2) is 11.9 Å². The largest absolute Gasteiger partial charge is 0.496 e. The molecule has 17 heavy (non-hydrogen) atoms. The minimum Gasteiger partial charge on any atom is -0.496 e. The van der Waals surface area contributed by atoms with Crippen LogP contribution in [0.25, 0.3) is 0 Å². The molecule has 96 valence electrons. The maximum Gasteiger partial charge on any atom is 0.122 e. The van der Waals surface area contributed by atoms with Gasteiger partial charge in [0, 0.05) is 4.83 Å². The quantitative estimate of drug-likeness (QED) is 0.732. The Balaban J connectivity index is 3.07. The van der Waals surface area contributed by atoms with E-state index in [1.807, 2.05) is 0 Å². The monoisotopic (exact) mass is 298 g/mol. The van der Waals surface area contributed by atoms with Gasteiger partial charge >= 0.3 is 0 Å². The van der Waals surface area contributed by atoms with Crippen LogP contribution in [0.3, 0.4) is 0 Å². The first-order valence-electron chi connectivity index (χ1n) is 6.20. The van der Waals surface area contributed by atoms with Crippen LogP contribution in [0.15, 0.2) is 18.2 Å². The van der Waals surface area contributed by atoms with Crippen molar-refractivity contribution in [3.05, 3.63) is 29.3 Å². The predicted molar refractivity (Wildman–Crippen MR) is 78.4 cm³/mol. The fourth-order valence-corrected chi connectivity index (χ4v) is 2.14. The third kappa shape index (κ3) is 4.02. The van der Waals surface area contributed by atoms with Gasteiger partial charge in [0.25, 0.3) is 0 Å². The summed E-state index contributed by atoms with van der Waals surface area (Å²) in [4.78, 5) is 0.520. The summed E-state index contributed by atoms with van der Waals surface area (Å²) in [7, 11) is 1.74. The van der Waals surface area contributed by atoms with Gasteiger partial charge in [0.15, 0.2) is 0 Å². The normalized spacial score (nSPS) is 13.5. The summed E-state index contributed by atoms with van der Waals surface area (Å²) in [6.07, 6.45) is 2.15. The Labute approximate surface area is 114 Å². The predicted octanol–water partition coefficient (Wildman–Crippen LogP) is 4.71. The fraction of sp³-hybridized carbons (Fsp3) is 0.600. The average Bonchev–Trinajstić information content (AvgIpc) is 2.27. The maximum absolute atomic E-state index is 5.44. The topological polar surface area (TPSA) is 9.23 Å². The van der Waals surface area contributed by atoms with Crippen molar-refractivity contribution in [2.24, 2.45) is 0 Å². The molecule has 1 unspecified atom stereocenters. The zero-order chi connectivity index (χ0) is 13.1. The molecular weight excluding hydrogens is 276 g/mol. The second-order valence-corrected chi connectivity index (χ2v) is 6.78. The highest BCUT2D eigenvalue weighted by Crippen LogP contribution is 2.29. The van der Waals surface area contributed by atoms with Gasteiger partial charge in [-0.2, -0.15) is 0 Å². The number of halogens is 1. The molecule has 0 N–H and O–H groups in total. The zero-order valence-corrected chi connectivity index (χ0v) is 13.1. The zero-order valence-electron chi connectivity index (χ0n) is 11.5. The molecule has 1 nitrogen and oxygen atoms in total. The molecule has 1 atom stereocenters. The third-order valence-electron chi connectivity index (χ3n) is 3.03. The second kappa shape index (κ2) is 5.90. The number of methoxy groups -OCH3 is 1. The summed E-state index contributed by atoms with van der Waals surface area (Å²) in [5.74, 6) is 0.996. The van der Waals surface area contributed by atoms with Crippen LogP contribution in [0.2, 0.25) is 0 Å². The number of benzene rings is 1. The van der Waals surface area contributed by atoms with Crippen molar-refractivity contribution >= 4 is 15.9 Å². The van der Waals surface area contributed by atoms with Crippen molar-refractivity contribution in [1.29, 1.82) is 0 Å². The van der Waals surface area contributed by atoms with Gasteiger partial charge in [-0.25, -0.2) is 0 Å². The number of alkyl halides is 1. The van der Waals surface area contributed by atoms with Crippen molar-refractivity contribution in [3.8, 4) is 5.75 Å². The highest BCUT2D eigenvalue weighted by Gasteiger charge is 2.16.